The van der Waals surface area contributed by atoms with Gasteiger partial charge in [0.15, 0.2) is 6.04 Å². The first kappa shape index (κ1) is 10.9. The van der Waals surface area contributed by atoms with Gasteiger partial charge in [-0.1, -0.05) is 11.6 Å². The lowest BCUT2D eigenvalue weighted by Gasteiger charge is -2.10. The van der Waals surface area contributed by atoms with Crippen molar-refractivity contribution in [2.45, 2.75) is 6.04 Å². The molecule has 1 heterocycles. The van der Waals surface area contributed by atoms with E-state index in [1.807, 2.05) is 12.1 Å². The average Bonchev–Trinajstić information content (AvgIpc) is 2.82. The van der Waals surface area contributed by atoms with Gasteiger partial charge in [0.25, 0.3) is 0 Å². The third-order valence-electron chi connectivity index (χ3n) is 2.02. The van der Waals surface area contributed by atoms with Crippen molar-refractivity contribution in [1.82, 2.24) is 4.98 Å². The predicted molar refractivity (Wildman–Crippen MR) is 65.5 cm³/mol. The summed E-state index contributed by atoms with van der Waals surface area (Å²) in [5.74, 6) is 0. The van der Waals surface area contributed by atoms with Gasteiger partial charge in [-0.25, -0.2) is 0 Å². The van der Waals surface area contributed by atoms with Crippen LogP contribution < -0.4 is 5.32 Å². The molecule has 0 spiro atoms. The van der Waals surface area contributed by atoms with Crippen LogP contribution in [0.3, 0.4) is 0 Å². The second-order valence-electron chi connectivity index (χ2n) is 3.12. The van der Waals surface area contributed by atoms with E-state index >= 15 is 0 Å². The molecule has 1 aromatic heterocycles. The minimum absolute atomic E-state index is 0.367. The number of hydrogen-bond donors (Lipinski definition) is 1. The first-order valence-corrected chi connectivity index (χ1v) is 5.85. The van der Waals surface area contributed by atoms with Gasteiger partial charge in [0.05, 0.1) is 16.5 Å². The highest BCUT2D eigenvalue weighted by molar-refractivity contribution is 7.09. The van der Waals surface area contributed by atoms with Crippen molar-refractivity contribution in [1.29, 1.82) is 5.26 Å². The summed E-state index contributed by atoms with van der Waals surface area (Å²) in [6.07, 6.45) is 1.70. The van der Waals surface area contributed by atoms with Crippen molar-refractivity contribution in [3.63, 3.8) is 0 Å². The zero-order chi connectivity index (χ0) is 11.4. The van der Waals surface area contributed by atoms with Gasteiger partial charge in [-0.05, 0) is 24.3 Å². The molecule has 80 valence electrons. The highest BCUT2D eigenvalue weighted by Crippen LogP contribution is 2.22. The Bertz CT molecular complexity index is 487. The van der Waals surface area contributed by atoms with E-state index in [1.165, 1.54) is 11.3 Å². The summed E-state index contributed by atoms with van der Waals surface area (Å²) >= 11 is 7.24. The summed E-state index contributed by atoms with van der Waals surface area (Å²) in [6, 6.07) is 9.07. The normalized spacial score (nSPS) is 11.8. The quantitative estimate of drug-likeness (QED) is 0.906. The van der Waals surface area contributed by atoms with Gasteiger partial charge in [0.1, 0.15) is 0 Å². The third kappa shape index (κ3) is 2.51. The molecule has 0 saturated heterocycles. The minimum Gasteiger partial charge on any atom is -0.365 e. The maximum Gasteiger partial charge on any atom is 0.151 e. The molecule has 0 aliphatic rings. The molecule has 1 unspecified atom stereocenters. The summed E-state index contributed by atoms with van der Waals surface area (Å²) < 4.78 is 0. The lowest BCUT2D eigenvalue weighted by atomic mass is 10.2. The van der Waals surface area contributed by atoms with Gasteiger partial charge in [0.2, 0.25) is 0 Å². The zero-order valence-corrected chi connectivity index (χ0v) is 9.79. The lowest BCUT2D eigenvalue weighted by Crippen LogP contribution is -2.06. The fraction of sp³-hybridized carbons (Fsp3) is 0.0909. The molecule has 2 rings (SSSR count). The van der Waals surface area contributed by atoms with Crippen LogP contribution in [0.1, 0.15) is 10.9 Å². The molecule has 5 heteroatoms. The summed E-state index contributed by atoms with van der Waals surface area (Å²) in [5.41, 5.74) is 2.58. The standard InChI is InChI=1S/C11H8ClN3S/c12-8-1-3-9(4-2-8)15-10(5-13)11-6-14-7-16-11/h1-4,6-7,10,15H. The monoisotopic (exact) mass is 249 g/mol. The Morgan fingerprint density at radius 2 is 2.12 bits per heavy atom. The molecule has 0 saturated carbocycles. The van der Waals surface area contributed by atoms with E-state index < -0.39 is 0 Å². The smallest absolute Gasteiger partial charge is 0.151 e. The number of halogens is 1. The maximum absolute atomic E-state index is 9.05. The van der Waals surface area contributed by atoms with Crippen molar-refractivity contribution in [2.75, 3.05) is 5.32 Å². The first-order valence-electron chi connectivity index (χ1n) is 4.59. The van der Waals surface area contributed by atoms with E-state index in [1.54, 1.807) is 23.8 Å². The van der Waals surface area contributed by atoms with E-state index in [2.05, 4.69) is 16.4 Å². The summed E-state index contributed by atoms with van der Waals surface area (Å²) in [5, 5.41) is 12.8. The number of anilines is 1. The number of nitrogens with one attached hydrogen (secondary N) is 1. The van der Waals surface area contributed by atoms with Crippen molar-refractivity contribution >= 4 is 28.6 Å². The Kier molecular flexibility index (Phi) is 3.40. The van der Waals surface area contributed by atoms with Gasteiger partial charge in [-0.2, -0.15) is 5.26 Å². The molecule has 0 aliphatic carbocycles. The van der Waals surface area contributed by atoms with Gasteiger partial charge in [-0.15, -0.1) is 11.3 Å². The summed E-state index contributed by atoms with van der Waals surface area (Å²) in [7, 11) is 0. The number of aromatic nitrogens is 1. The van der Waals surface area contributed by atoms with Crippen molar-refractivity contribution < 1.29 is 0 Å². The molecule has 1 N–H and O–H groups in total. The fourth-order valence-corrected chi connectivity index (χ4v) is 1.99. The van der Waals surface area contributed by atoms with Crippen LogP contribution >= 0.6 is 22.9 Å². The molecule has 0 bridgehead atoms. The first-order chi connectivity index (χ1) is 7.79. The van der Waals surface area contributed by atoms with Crippen LogP contribution in [0.4, 0.5) is 5.69 Å². The zero-order valence-electron chi connectivity index (χ0n) is 8.22. The SMILES string of the molecule is N#CC(Nc1ccc(Cl)cc1)c1cncs1. The Morgan fingerprint density at radius 1 is 1.38 bits per heavy atom. The number of benzene rings is 1. The van der Waals surface area contributed by atoms with E-state index in [-0.39, 0.29) is 6.04 Å². The lowest BCUT2D eigenvalue weighted by molar-refractivity contribution is 1.02. The number of nitriles is 1. The number of thiazole rings is 1. The van der Waals surface area contributed by atoms with Gasteiger partial charge < -0.3 is 5.32 Å². The van der Waals surface area contributed by atoms with E-state index in [0.717, 1.165) is 10.6 Å². The van der Waals surface area contributed by atoms with Gasteiger partial charge in [-0.3, -0.25) is 4.98 Å². The van der Waals surface area contributed by atoms with Crippen LogP contribution in [0.2, 0.25) is 5.02 Å². The molecule has 0 radical (unpaired) electrons. The molecule has 16 heavy (non-hydrogen) atoms. The Morgan fingerprint density at radius 3 is 2.69 bits per heavy atom. The van der Waals surface area contributed by atoms with Crippen molar-refractivity contribution in [3.8, 4) is 6.07 Å². The van der Waals surface area contributed by atoms with Crippen molar-refractivity contribution in [2.24, 2.45) is 0 Å². The molecule has 3 nitrogen and oxygen atoms in total. The van der Waals surface area contributed by atoms with Gasteiger partial charge in [0, 0.05) is 16.9 Å². The molecule has 1 aromatic carbocycles. The predicted octanol–water partition coefficient (Wildman–Crippen LogP) is 3.47. The van der Waals surface area contributed by atoms with E-state index in [0.29, 0.717) is 5.02 Å². The third-order valence-corrected chi connectivity index (χ3v) is 3.11. The molecule has 0 amide bonds. The highest BCUT2D eigenvalue weighted by Gasteiger charge is 2.11. The summed E-state index contributed by atoms with van der Waals surface area (Å²) in [6.45, 7) is 0. The van der Waals surface area contributed by atoms with Crippen molar-refractivity contribution in [3.05, 3.63) is 45.9 Å². The molecule has 0 aliphatic heterocycles. The molecular weight excluding hydrogens is 242 g/mol. The van der Waals surface area contributed by atoms with E-state index in [9.17, 15) is 0 Å². The van der Waals surface area contributed by atoms with E-state index in [4.69, 9.17) is 16.9 Å². The van der Waals surface area contributed by atoms with Crippen LogP contribution in [0.25, 0.3) is 0 Å². The number of rotatable bonds is 3. The average molecular weight is 250 g/mol. The van der Waals surface area contributed by atoms with Crippen LogP contribution in [-0.2, 0) is 0 Å². The van der Waals surface area contributed by atoms with Crippen LogP contribution in [0.15, 0.2) is 36.0 Å². The van der Waals surface area contributed by atoms with Crippen LogP contribution in [-0.4, -0.2) is 4.98 Å². The Balaban J connectivity index is 2.14. The minimum atomic E-state index is -0.367. The number of nitrogens with zero attached hydrogens (tertiary/aromatic N) is 2. The van der Waals surface area contributed by atoms with Gasteiger partial charge >= 0.3 is 0 Å². The van der Waals surface area contributed by atoms with Crippen LogP contribution in [0, 0.1) is 11.3 Å². The highest BCUT2D eigenvalue weighted by atomic mass is 35.5. The fourth-order valence-electron chi connectivity index (χ4n) is 1.25. The largest absolute Gasteiger partial charge is 0.365 e. The molecule has 1 atom stereocenters. The topological polar surface area (TPSA) is 48.7 Å². The molecule has 0 fully saturated rings. The molecular formula is C11H8ClN3S. The second kappa shape index (κ2) is 4.97. The second-order valence-corrected chi connectivity index (χ2v) is 4.47. The Labute approximate surface area is 102 Å². The number of hydrogen-bond acceptors (Lipinski definition) is 4. The van der Waals surface area contributed by atoms with Crippen LogP contribution in [0.5, 0.6) is 0 Å². The molecule has 2 aromatic rings. The summed E-state index contributed by atoms with van der Waals surface area (Å²) in [4.78, 5) is 4.85. The Hall–Kier alpha value is -1.57. The maximum atomic E-state index is 9.05.